The lowest BCUT2D eigenvalue weighted by Crippen LogP contribution is -2.38. The van der Waals surface area contributed by atoms with Gasteiger partial charge in [0.2, 0.25) is 0 Å². The number of carbonyl (C=O) groups is 1. The van der Waals surface area contributed by atoms with Crippen LogP contribution in [0.1, 0.15) is 19.4 Å². The summed E-state index contributed by atoms with van der Waals surface area (Å²) in [5.74, 6) is 0.00632. The van der Waals surface area contributed by atoms with Crippen molar-refractivity contribution in [3.8, 4) is 0 Å². The van der Waals surface area contributed by atoms with Gasteiger partial charge in [-0.25, -0.2) is 0 Å². The third-order valence-electron chi connectivity index (χ3n) is 2.75. The Morgan fingerprint density at radius 3 is 2.47 bits per heavy atom. The maximum atomic E-state index is 12.0. The number of likely N-dealkylation sites (N-methyl/N-ethyl adjacent to an activating group) is 1. The van der Waals surface area contributed by atoms with Gasteiger partial charge in [-0.05, 0) is 31.5 Å². The van der Waals surface area contributed by atoms with Crippen molar-refractivity contribution in [2.75, 3.05) is 19.4 Å². The van der Waals surface area contributed by atoms with E-state index < -0.39 is 6.10 Å². The van der Waals surface area contributed by atoms with E-state index in [1.807, 2.05) is 31.2 Å². The number of rotatable bonds is 5. The molecule has 1 rings (SSSR count). The molecule has 1 aromatic carbocycles. The molecule has 0 aliphatic carbocycles. The molecule has 0 fully saturated rings. The lowest BCUT2D eigenvalue weighted by molar-refractivity contribution is -0.141. The third kappa shape index (κ3) is 3.75. The van der Waals surface area contributed by atoms with Crippen LogP contribution in [-0.2, 0) is 16.1 Å². The number of methoxy groups -OCH3 is 1. The van der Waals surface area contributed by atoms with E-state index in [4.69, 9.17) is 10.5 Å². The smallest absolute Gasteiger partial charge is 0.251 e. The fourth-order valence-electron chi connectivity index (χ4n) is 1.55. The highest BCUT2D eigenvalue weighted by Gasteiger charge is 2.18. The molecule has 1 atom stereocenters. The molecule has 0 saturated heterocycles. The molecule has 1 amide bonds. The van der Waals surface area contributed by atoms with Crippen LogP contribution in [0.5, 0.6) is 0 Å². The van der Waals surface area contributed by atoms with Gasteiger partial charge >= 0.3 is 0 Å². The normalized spacial score (nSPS) is 12.2. The molecule has 94 valence electrons. The Morgan fingerprint density at radius 1 is 1.41 bits per heavy atom. The summed E-state index contributed by atoms with van der Waals surface area (Å²) < 4.78 is 5.04. The first kappa shape index (κ1) is 13.5. The Hall–Kier alpha value is -1.55. The average molecular weight is 236 g/mol. The zero-order valence-electron chi connectivity index (χ0n) is 10.6. The number of benzene rings is 1. The maximum Gasteiger partial charge on any atom is 0.251 e. The summed E-state index contributed by atoms with van der Waals surface area (Å²) in [6.45, 7) is 4.96. The highest BCUT2D eigenvalue weighted by Crippen LogP contribution is 2.10. The highest BCUT2D eigenvalue weighted by molar-refractivity contribution is 5.80. The second kappa shape index (κ2) is 6.25. The third-order valence-corrected chi connectivity index (χ3v) is 2.75. The minimum absolute atomic E-state index is 0.00632. The second-order valence-corrected chi connectivity index (χ2v) is 3.97. The van der Waals surface area contributed by atoms with E-state index in [0.717, 1.165) is 11.3 Å². The van der Waals surface area contributed by atoms with Crippen molar-refractivity contribution in [3.63, 3.8) is 0 Å². The van der Waals surface area contributed by atoms with Crippen LogP contribution < -0.4 is 5.73 Å². The molecule has 0 heterocycles. The summed E-state index contributed by atoms with van der Waals surface area (Å²) in [5.41, 5.74) is 7.42. The van der Waals surface area contributed by atoms with E-state index in [1.54, 1.807) is 18.9 Å². The molecule has 0 aliphatic rings. The summed E-state index contributed by atoms with van der Waals surface area (Å²) in [5, 5.41) is 0. The van der Waals surface area contributed by atoms with Gasteiger partial charge in [-0.3, -0.25) is 4.79 Å². The number of amides is 1. The quantitative estimate of drug-likeness (QED) is 0.791. The van der Waals surface area contributed by atoms with Crippen molar-refractivity contribution >= 4 is 11.6 Å². The average Bonchev–Trinajstić information content (AvgIpc) is 2.36. The molecule has 0 saturated carbocycles. The molecule has 0 spiro atoms. The molecule has 1 unspecified atom stereocenters. The van der Waals surface area contributed by atoms with E-state index in [0.29, 0.717) is 13.1 Å². The SMILES string of the molecule is CCN(Cc1ccc(N)cc1)C(=O)C(C)OC. The first-order chi connectivity index (χ1) is 8.08. The summed E-state index contributed by atoms with van der Waals surface area (Å²) in [7, 11) is 1.54. The predicted octanol–water partition coefficient (Wildman–Crippen LogP) is 1.65. The van der Waals surface area contributed by atoms with Crippen LogP contribution >= 0.6 is 0 Å². The number of ether oxygens (including phenoxy) is 1. The molecule has 1 aromatic rings. The Balaban J connectivity index is 2.69. The molecule has 0 aliphatic heterocycles. The Labute approximate surface area is 102 Å². The molecule has 0 radical (unpaired) electrons. The van der Waals surface area contributed by atoms with Crippen LogP contribution in [0.3, 0.4) is 0 Å². The maximum absolute atomic E-state index is 12.0. The van der Waals surface area contributed by atoms with Crippen LogP contribution in [0.25, 0.3) is 0 Å². The van der Waals surface area contributed by atoms with Crippen molar-refractivity contribution in [3.05, 3.63) is 29.8 Å². The van der Waals surface area contributed by atoms with Gasteiger partial charge in [-0.2, -0.15) is 0 Å². The molecule has 4 nitrogen and oxygen atoms in total. The van der Waals surface area contributed by atoms with Gasteiger partial charge in [-0.1, -0.05) is 12.1 Å². The minimum Gasteiger partial charge on any atom is -0.399 e. The predicted molar refractivity (Wildman–Crippen MR) is 68.4 cm³/mol. The molecule has 2 N–H and O–H groups in total. The van der Waals surface area contributed by atoms with Crippen LogP contribution in [0.4, 0.5) is 5.69 Å². The zero-order chi connectivity index (χ0) is 12.8. The van der Waals surface area contributed by atoms with E-state index in [2.05, 4.69) is 0 Å². The molecular weight excluding hydrogens is 216 g/mol. The van der Waals surface area contributed by atoms with Gasteiger partial charge < -0.3 is 15.4 Å². The Morgan fingerprint density at radius 2 is 2.00 bits per heavy atom. The zero-order valence-corrected chi connectivity index (χ0v) is 10.6. The van der Waals surface area contributed by atoms with Gasteiger partial charge in [0.05, 0.1) is 0 Å². The van der Waals surface area contributed by atoms with Gasteiger partial charge in [0, 0.05) is 25.9 Å². The standard InChI is InChI=1S/C13H20N2O2/c1-4-15(13(16)10(2)17-3)9-11-5-7-12(14)8-6-11/h5-8,10H,4,9,14H2,1-3H3. The molecule has 17 heavy (non-hydrogen) atoms. The van der Waals surface area contributed by atoms with Crippen LogP contribution in [0.2, 0.25) is 0 Å². The van der Waals surface area contributed by atoms with E-state index >= 15 is 0 Å². The number of nitrogen functional groups attached to an aromatic ring is 1. The fraction of sp³-hybridized carbons (Fsp3) is 0.462. The highest BCUT2D eigenvalue weighted by atomic mass is 16.5. The van der Waals surface area contributed by atoms with Gasteiger partial charge in [0.25, 0.3) is 5.91 Å². The lowest BCUT2D eigenvalue weighted by atomic mass is 10.2. The topological polar surface area (TPSA) is 55.6 Å². The Bertz CT molecular complexity index is 362. The van der Waals surface area contributed by atoms with Crippen molar-refractivity contribution in [1.82, 2.24) is 4.90 Å². The van der Waals surface area contributed by atoms with Gasteiger partial charge in [0.15, 0.2) is 0 Å². The number of carbonyl (C=O) groups excluding carboxylic acids is 1. The summed E-state index contributed by atoms with van der Waals surface area (Å²) in [4.78, 5) is 13.7. The van der Waals surface area contributed by atoms with E-state index in [-0.39, 0.29) is 5.91 Å². The number of nitrogens with two attached hydrogens (primary N) is 1. The van der Waals surface area contributed by atoms with Crippen LogP contribution in [0.15, 0.2) is 24.3 Å². The largest absolute Gasteiger partial charge is 0.399 e. The monoisotopic (exact) mass is 236 g/mol. The summed E-state index contributed by atoms with van der Waals surface area (Å²) in [6, 6.07) is 7.55. The van der Waals surface area contributed by atoms with E-state index in [1.165, 1.54) is 0 Å². The second-order valence-electron chi connectivity index (χ2n) is 3.97. The van der Waals surface area contributed by atoms with Crippen molar-refractivity contribution < 1.29 is 9.53 Å². The first-order valence-corrected chi connectivity index (χ1v) is 5.74. The van der Waals surface area contributed by atoms with E-state index in [9.17, 15) is 4.79 Å². The van der Waals surface area contributed by atoms with Crippen molar-refractivity contribution in [1.29, 1.82) is 0 Å². The molecule has 0 aromatic heterocycles. The molecule has 4 heteroatoms. The minimum atomic E-state index is -0.399. The fourth-order valence-corrected chi connectivity index (χ4v) is 1.55. The van der Waals surface area contributed by atoms with Crippen molar-refractivity contribution in [2.24, 2.45) is 0 Å². The lowest BCUT2D eigenvalue weighted by Gasteiger charge is -2.23. The summed E-state index contributed by atoms with van der Waals surface area (Å²) in [6.07, 6.45) is -0.399. The number of hydrogen-bond acceptors (Lipinski definition) is 3. The summed E-state index contributed by atoms with van der Waals surface area (Å²) >= 11 is 0. The first-order valence-electron chi connectivity index (χ1n) is 5.74. The number of anilines is 1. The van der Waals surface area contributed by atoms with Crippen LogP contribution in [0, 0.1) is 0 Å². The van der Waals surface area contributed by atoms with Crippen molar-refractivity contribution in [2.45, 2.75) is 26.5 Å². The Kier molecular flexibility index (Phi) is 4.97. The molecule has 0 bridgehead atoms. The molecular formula is C13H20N2O2. The number of nitrogens with zero attached hydrogens (tertiary/aromatic N) is 1. The van der Waals surface area contributed by atoms with Gasteiger partial charge in [-0.15, -0.1) is 0 Å². The number of hydrogen-bond donors (Lipinski definition) is 1. The van der Waals surface area contributed by atoms with Crippen LogP contribution in [-0.4, -0.2) is 30.6 Å². The van der Waals surface area contributed by atoms with Gasteiger partial charge in [0.1, 0.15) is 6.10 Å².